The first kappa shape index (κ1) is 15.7. The monoisotopic (exact) mass is 340 g/mol. The smallest absolute Gasteiger partial charge is 0.266 e. The van der Waals surface area contributed by atoms with E-state index in [0.29, 0.717) is 12.2 Å². The first-order chi connectivity index (χ1) is 12.2. The molecule has 0 aromatic carbocycles. The molecule has 3 aromatic heterocycles. The summed E-state index contributed by atoms with van der Waals surface area (Å²) in [6, 6.07) is 3.32. The van der Waals surface area contributed by atoms with Crippen LogP contribution in [-0.2, 0) is 6.54 Å². The molecule has 0 atom stereocenters. The van der Waals surface area contributed by atoms with Crippen LogP contribution in [0, 0.1) is 6.92 Å². The van der Waals surface area contributed by atoms with Crippen LogP contribution in [0.3, 0.4) is 0 Å². The fraction of sp³-hybridized carbons (Fsp3) is 0.438. The summed E-state index contributed by atoms with van der Waals surface area (Å²) in [7, 11) is 0. The predicted octanol–water partition coefficient (Wildman–Crippen LogP) is 0.0402. The Morgan fingerprint density at radius 2 is 1.92 bits per heavy atom. The van der Waals surface area contributed by atoms with Gasteiger partial charge in [0.1, 0.15) is 11.8 Å². The zero-order valence-corrected chi connectivity index (χ0v) is 14.1. The third-order valence-electron chi connectivity index (χ3n) is 4.50. The molecule has 0 unspecified atom stereocenters. The number of aryl methyl sites for hydroxylation is 1. The summed E-state index contributed by atoms with van der Waals surface area (Å²) in [4.78, 5) is 32.3. The first-order valence-electron chi connectivity index (χ1n) is 8.37. The van der Waals surface area contributed by atoms with Gasteiger partial charge in [0.15, 0.2) is 11.5 Å². The standard InChI is InChI=1S/C16H20N8O/c1-12-2-3-13(25)24(21-12)9-6-22-4-7-23(8-5-22)16-14-15(18-10-17-14)19-11-20-16/h2-3,10-11H,4-9H2,1H3,(H,17,18,19,20). The molecule has 1 saturated heterocycles. The van der Waals surface area contributed by atoms with E-state index in [1.165, 1.54) is 0 Å². The predicted molar refractivity (Wildman–Crippen MR) is 93.6 cm³/mol. The molecule has 0 amide bonds. The van der Waals surface area contributed by atoms with Crippen molar-refractivity contribution in [3.8, 4) is 0 Å². The number of piperazine rings is 1. The number of aromatic nitrogens is 6. The minimum atomic E-state index is -0.0492. The van der Waals surface area contributed by atoms with Crippen LogP contribution < -0.4 is 10.5 Å². The summed E-state index contributed by atoms with van der Waals surface area (Å²) in [6.07, 6.45) is 3.20. The highest BCUT2D eigenvalue weighted by Crippen LogP contribution is 2.20. The van der Waals surface area contributed by atoms with Gasteiger partial charge < -0.3 is 9.88 Å². The number of hydrogen-bond donors (Lipinski definition) is 1. The molecule has 1 N–H and O–H groups in total. The quantitative estimate of drug-likeness (QED) is 0.716. The van der Waals surface area contributed by atoms with Crippen molar-refractivity contribution >= 4 is 17.0 Å². The molecule has 25 heavy (non-hydrogen) atoms. The van der Waals surface area contributed by atoms with Crippen LogP contribution in [-0.4, -0.2) is 67.3 Å². The molecule has 1 fully saturated rings. The Morgan fingerprint density at radius 1 is 1.08 bits per heavy atom. The molecular weight excluding hydrogens is 320 g/mol. The summed E-state index contributed by atoms with van der Waals surface area (Å²) in [5.41, 5.74) is 2.38. The largest absolute Gasteiger partial charge is 0.352 e. The maximum Gasteiger partial charge on any atom is 0.266 e. The van der Waals surface area contributed by atoms with E-state index in [4.69, 9.17) is 0 Å². The van der Waals surface area contributed by atoms with Gasteiger partial charge in [-0.2, -0.15) is 5.10 Å². The van der Waals surface area contributed by atoms with Crippen LogP contribution in [0.5, 0.6) is 0 Å². The molecule has 0 bridgehead atoms. The number of H-pyrrole nitrogens is 1. The Hall–Kier alpha value is -2.81. The Kier molecular flexibility index (Phi) is 4.14. The second kappa shape index (κ2) is 6.60. The molecule has 4 heterocycles. The van der Waals surface area contributed by atoms with Crippen molar-refractivity contribution in [2.24, 2.45) is 0 Å². The molecule has 130 valence electrons. The van der Waals surface area contributed by atoms with Crippen molar-refractivity contribution in [1.82, 2.24) is 34.6 Å². The fourth-order valence-corrected chi connectivity index (χ4v) is 3.12. The average molecular weight is 340 g/mol. The van der Waals surface area contributed by atoms with Gasteiger partial charge >= 0.3 is 0 Å². The van der Waals surface area contributed by atoms with E-state index in [-0.39, 0.29) is 5.56 Å². The molecule has 0 saturated carbocycles. The maximum atomic E-state index is 11.8. The van der Waals surface area contributed by atoms with Gasteiger partial charge in [-0.25, -0.2) is 19.6 Å². The van der Waals surface area contributed by atoms with E-state index in [1.807, 2.05) is 6.92 Å². The van der Waals surface area contributed by atoms with E-state index in [2.05, 4.69) is 34.8 Å². The fourth-order valence-electron chi connectivity index (χ4n) is 3.12. The van der Waals surface area contributed by atoms with Crippen LogP contribution in [0.1, 0.15) is 5.69 Å². The van der Waals surface area contributed by atoms with E-state index in [1.54, 1.807) is 29.5 Å². The minimum absolute atomic E-state index is 0.0492. The minimum Gasteiger partial charge on any atom is -0.352 e. The van der Waals surface area contributed by atoms with E-state index in [0.717, 1.165) is 49.8 Å². The molecule has 1 aliphatic rings. The van der Waals surface area contributed by atoms with Crippen molar-refractivity contribution < 1.29 is 0 Å². The third kappa shape index (κ3) is 3.22. The number of nitrogens with one attached hydrogen (secondary N) is 1. The van der Waals surface area contributed by atoms with Crippen molar-refractivity contribution in [3.63, 3.8) is 0 Å². The highest BCUT2D eigenvalue weighted by atomic mass is 16.1. The highest BCUT2D eigenvalue weighted by molar-refractivity contribution is 5.82. The molecule has 4 rings (SSSR count). The van der Waals surface area contributed by atoms with Crippen molar-refractivity contribution in [3.05, 3.63) is 40.8 Å². The molecule has 0 radical (unpaired) electrons. The molecule has 9 nitrogen and oxygen atoms in total. The number of imidazole rings is 1. The molecule has 1 aliphatic heterocycles. The molecule has 3 aromatic rings. The first-order valence-corrected chi connectivity index (χ1v) is 8.37. The van der Waals surface area contributed by atoms with Crippen LogP contribution in [0.4, 0.5) is 5.82 Å². The second-order valence-electron chi connectivity index (χ2n) is 6.16. The lowest BCUT2D eigenvalue weighted by atomic mass is 10.3. The zero-order chi connectivity index (χ0) is 17.2. The van der Waals surface area contributed by atoms with Crippen LogP contribution in [0.25, 0.3) is 11.2 Å². The van der Waals surface area contributed by atoms with Gasteiger partial charge in [-0.15, -0.1) is 0 Å². The Labute approximate surface area is 144 Å². The number of hydrogen-bond acceptors (Lipinski definition) is 7. The van der Waals surface area contributed by atoms with Crippen molar-refractivity contribution in [2.75, 3.05) is 37.6 Å². The summed E-state index contributed by atoms with van der Waals surface area (Å²) in [6.45, 7) is 6.90. The van der Waals surface area contributed by atoms with Crippen molar-refractivity contribution in [2.45, 2.75) is 13.5 Å². The zero-order valence-electron chi connectivity index (χ0n) is 14.1. The van der Waals surface area contributed by atoms with E-state index >= 15 is 0 Å². The van der Waals surface area contributed by atoms with Crippen molar-refractivity contribution in [1.29, 1.82) is 0 Å². The molecule has 9 heteroatoms. The summed E-state index contributed by atoms with van der Waals surface area (Å²) >= 11 is 0. The number of aromatic amines is 1. The second-order valence-corrected chi connectivity index (χ2v) is 6.16. The van der Waals surface area contributed by atoms with Crippen LogP contribution in [0.15, 0.2) is 29.6 Å². The number of nitrogens with zero attached hydrogens (tertiary/aromatic N) is 7. The topological polar surface area (TPSA) is 95.8 Å². The SMILES string of the molecule is Cc1ccc(=O)n(CCN2CCN(c3ncnc4nc[nH]c34)CC2)n1. The average Bonchev–Trinajstić information content (AvgIpc) is 3.12. The van der Waals surface area contributed by atoms with Gasteiger partial charge in [0.2, 0.25) is 0 Å². The van der Waals surface area contributed by atoms with Gasteiger partial charge in [-0.05, 0) is 13.0 Å². The van der Waals surface area contributed by atoms with Crippen LogP contribution >= 0.6 is 0 Å². The highest BCUT2D eigenvalue weighted by Gasteiger charge is 2.20. The maximum absolute atomic E-state index is 11.8. The lowest BCUT2D eigenvalue weighted by Crippen LogP contribution is -2.48. The third-order valence-corrected chi connectivity index (χ3v) is 4.50. The van der Waals surface area contributed by atoms with Gasteiger partial charge in [0, 0.05) is 38.8 Å². The normalized spacial score (nSPS) is 15.8. The Bertz CT molecular complexity index is 925. The number of rotatable bonds is 4. The molecule has 0 aliphatic carbocycles. The lowest BCUT2D eigenvalue weighted by molar-refractivity contribution is 0.242. The number of fused-ring (bicyclic) bond motifs is 1. The summed E-state index contributed by atoms with van der Waals surface area (Å²) in [5.74, 6) is 0.902. The van der Waals surface area contributed by atoms with E-state index in [9.17, 15) is 4.79 Å². The van der Waals surface area contributed by atoms with Gasteiger partial charge in [0.25, 0.3) is 5.56 Å². The lowest BCUT2D eigenvalue weighted by Gasteiger charge is -2.35. The molecular formula is C16H20N8O. The Balaban J connectivity index is 1.38. The Morgan fingerprint density at radius 3 is 2.76 bits per heavy atom. The summed E-state index contributed by atoms with van der Waals surface area (Å²) in [5, 5.41) is 4.29. The number of anilines is 1. The van der Waals surface area contributed by atoms with E-state index < -0.39 is 0 Å². The van der Waals surface area contributed by atoms with Gasteiger partial charge in [-0.3, -0.25) is 9.69 Å². The summed E-state index contributed by atoms with van der Waals surface area (Å²) < 4.78 is 1.54. The molecule has 0 spiro atoms. The van der Waals surface area contributed by atoms with Crippen LogP contribution in [0.2, 0.25) is 0 Å². The van der Waals surface area contributed by atoms with Gasteiger partial charge in [-0.1, -0.05) is 0 Å². The van der Waals surface area contributed by atoms with Gasteiger partial charge in [0.05, 0.1) is 18.6 Å².